The number of nitrogens with two attached hydrogens (primary N) is 1. The lowest BCUT2D eigenvalue weighted by molar-refractivity contribution is 0.475. The van der Waals surface area contributed by atoms with Crippen LogP contribution in [0.2, 0.25) is 0 Å². The molecule has 0 aliphatic carbocycles. The molecular formula is C11H11IN4O. The summed E-state index contributed by atoms with van der Waals surface area (Å²) in [5, 5.41) is 13.6. The molecule has 0 spiro atoms. The summed E-state index contributed by atoms with van der Waals surface area (Å²) in [5.41, 5.74) is 7.30. The van der Waals surface area contributed by atoms with Gasteiger partial charge in [-0.25, -0.2) is 9.66 Å². The van der Waals surface area contributed by atoms with Crippen LogP contribution < -0.4 is 5.73 Å². The third kappa shape index (κ3) is 2.76. The minimum atomic E-state index is 0.210. The van der Waals surface area contributed by atoms with Crippen molar-refractivity contribution in [1.29, 1.82) is 0 Å². The number of nitrogens with zero attached hydrogens (tertiary/aromatic N) is 3. The van der Waals surface area contributed by atoms with E-state index < -0.39 is 0 Å². The maximum absolute atomic E-state index is 9.38. The van der Waals surface area contributed by atoms with Gasteiger partial charge in [0.15, 0.2) is 0 Å². The molecule has 0 bridgehead atoms. The minimum absolute atomic E-state index is 0.210. The van der Waals surface area contributed by atoms with E-state index in [2.05, 4.69) is 32.7 Å². The number of halogens is 1. The maximum atomic E-state index is 9.38. The highest BCUT2D eigenvalue weighted by atomic mass is 127. The number of hydrogen-bond acceptors (Lipinski definition) is 4. The Kier molecular flexibility index (Phi) is 3.32. The summed E-state index contributed by atoms with van der Waals surface area (Å²) < 4.78 is 2.50. The predicted octanol–water partition coefficient (Wildman–Crippen LogP) is 1.97. The summed E-state index contributed by atoms with van der Waals surface area (Å²) in [5.74, 6) is 0.551. The van der Waals surface area contributed by atoms with Crippen LogP contribution in [0.25, 0.3) is 0 Å². The van der Waals surface area contributed by atoms with Gasteiger partial charge in [-0.3, -0.25) is 0 Å². The van der Waals surface area contributed by atoms with E-state index >= 15 is 0 Å². The zero-order valence-electron chi connectivity index (χ0n) is 9.13. The van der Waals surface area contributed by atoms with E-state index in [-0.39, 0.29) is 5.75 Å². The van der Waals surface area contributed by atoms with Crippen LogP contribution in [0.5, 0.6) is 5.75 Å². The Balaban J connectivity index is 2.31. The van der Waals surface area contributed by atoms with Gasteiger partial charge in [0, 0.05) is 9.13 Å². The van der Waals surface area contributed by atoms with Gasteiger partial charge in [0.25, 0.3) is 0 Å². The van der Waals surface area contributed by atoms with Crippen LogP contribution in [0.1, 0.15) is 11.3 Å². The summed E-state index contributed by atoms with van der Waals surface area (Å²) >= 11 is 2.18. The molecule has 0 saturated heterocycles. The van der Waals surface area contributed by atoms with E-state index in [0.717, 1.165) is 14.8 Å². The SMILES string of the molecule is Cc1cn(N=Cc2cc(O)ccc2I)c(N)n1. The average molecular weight is 342 g/mol. The van der Waals surface area contributed by atoms with Gasteiger partial charge in [-0.05, 0) is 47.7 Å². The van der Waals surface area contributed by atoms with Crippen LogP contribution >= 0.6 is 22.6 Å². The van der Waals surface area contributed by atoms with Gasteiger partial charge in [0.2, 0.25) is 5.95 Å². The topological polar surface area (TPSA) is 76.4 Å². The van der Waals surface area contributed by atoms with E-state index in [1.54, 1.807) is 24.5 Å². The van der Waals surface area contributed by atoms with Gasteiger partial charge in [0.1, 0.15) is 5.75 Å². The molecule has 0 aliphatic heterocycles. The molecule has 2 rings (SSSR count). The highest BCUT2D eigenvalue weighted by molar-refractivity contribution is 14.1. The van der Waals surface area contributed by atoms with Crippen molar-refractivity contribution in [2.24, 2.45) is 5.10 Å². The van der Waals surface area contributed by atoms with Crippen LogP contribution in [0.3, 0.4) is 0 Å². The molecule has 0 fully saturated rings. The highest BCUT2D eigenvalue weighted by Crippen LogP contribution is 2.17. The largest absolute Gasteiger partial charge is 0.508 e. The summed E-state index contributed by atoms with van der Waals surface area (Å²) in [6.07, 6.45) is 3.38. The lowest BCUT2D eigenvalue weighted by atomic mass is 10.2. The molecule has 0 saturated carbocycles. The molecule has 0 radical (unpaired) electrons. The number of phenols is 1. The molecular weight excluding hydrogens is 331 g/mol. The summed E-state index contributed by atoms with van der Waals surface area (Å²) in [6, 6.07) is 5.10. The second kappa shape index (κ2) is 4.74. The van der Waals surface area contributed by atoms with E-state index in [1.165, 1.54) is 4.68 Å². The number of aromatic hydroxyl groups is 1. The first-order valence-electron chi connectivity index (χ1n) is 4.90. The van der Waals surface area contributed by atoms with Crippen LogP contribution in [0.15, 0.2) is 29.5 Å². The van der Waals surface area contributed by atoms with Gasteiger partial charge in [0.05, 0.1) is 18.1 Å². The number of phenolic OH excluding ortho intramolecular Hbond substituents is 1. The van der Waals surface area contributed by atoms with Crippen molar-refractivity contribution in [2.45, 2.75) is 6.92 Å². The zero-order valence-corrected chi connectivity index (χ0v) is 11.3. The molecule has 0 unspecified atom stereocenters. The number of nitrogen functional groups attached to an aromatic ring is 1. The summed E-state index contributed by atoms with van der Waals surface area (Å²) in [7, 11) is 0. The zero-order chi connectivity index (χ0) is 12.4. The molecule has 0 aliphatic rings. The smallest absolute Gasteiger partial charge is 0.221 e. The fourth-order valence-corrected chi connectivity index (χ4v) is 1.83. The number of imidazole rings is 1. The first-order chi connectivity index (χ1) is 8.06. The van der Waals surface area contributed by atoms with Gasteiger partial charge < -0.3 is 10.8 Å². The Bertz CT molecular complexity index is 577. The Morgan fingerprint density at radius 2 is 2.29 bits per heavy atom. The van der Waals surface area contributed by atoms with E-state index in [4.69, 9.17) is 5.73 Å². The molecule has 1 aromatic heterocycles. The van der Waals surface area contributed by atoms with Crippen LogP contribution in [-0.4, -0.2) is 21.0 Å². The molecule has 1 heterocycles. The lowest BCUT2D eigenvalue weighted by Crippen LogP contribution is -1.97. The minimum Gasteiger partial charge on any atom is -0.508 e. The van der Waals surface area contributed by atoms with Gasteiger partial charge >= 0.3 is 0 Å². The van der Waals surface area contributed by atoms with Crippen molar-refractivity contribution in [3.05, 3.63) is 39.2 Å². The lowest BCUT2D eigenvalue weighted by Gasteiger charge is -1.99. The second-order valence-electron chi connectivity index (χ2n) is 3.54. The Morgan fingerprint density at radius 3 is 2.94 bits per heavy atom. The molecule has 3 N–H and O–H groups in total. The maximum Gasteiger partial charge on any atom is 0.221 e. The van der Waals surface area contributed by atoms with Crippen LogP contribution in [-0.2, 0) is 0 Å². The molecule has 0 atom stereocenters. The van der Waals surface area contributed by atoms with Crippen LogP contribution in [0, 0.1) is 10.5 Å². The van der Waals surface area contributed by atoms with Gasteiger partial charge in [-0.1, -0.05) is 0 Å². The van der Waals surface area contributed by atoms with Crippen molar-refractivity contribution in [1.82, 2.24) is 9.66 Å². The third-order valence-corrected chi connectivity index (χ3v) is 3.12. The van der Waals surface area contributed by atoms with E-state index in [1.807, 2.05) is 13.0 Å². The molecule has 5 nitrogen and oxygen atoms in total. The normalized spacial score (nSPS) is 11.2. The molecule has 2 aromatic rings. The van der Waals surface area contributed by atoms with Crippen molar-refractivity contribution < 1.29 is 5.11 Å². The van der Waals surface area contributed by atoms with Gasteiger partial charge in [-0.2, -0.15) is 5.10 Å². The molecule has 1 aromatic carbocycles. The fourth-order valence-electron chi connectivity index (χ4n) is 1.35. The van der Waals surface area contributed by atoms with Crippen molar-refractivity contribution >= 4 is 34.8 Å². The predicted molar refractivity (Wildman–Crippen MR) is 75.2 cm³/mol. The number of aromatic nitrogens is 2. The summed E-state index contributed by atoms with van der Waals surface area (Å²) in [6.45, 7) is 1.85. The number of rotatable bonds is 2. The first kappa shape index (κ1) is 11.9. The third-order valence-electron chi connectivity index (χ3n) is 2.14. The van der Waals surface area contributed by atoms with Gasteiger partial charge in [-0.15, -0.1) is 0 Å². The van der Waals surface area contributed by atoms with Crippen molar-refractivity contribution in [2.75, 3.05) is 5.73 Å². The quantitative estimate of drug-likeness (QED) is 0.647. The number of anilines is 1. The Hall–Kier alpha value is -1.57. The summed E-state index contributed by atoms with van der Waals surface area (Å²) in [4.78, 5) is 4.04. The number of hydrogen-bond donors (Lipinski definition) is 2. The van der Waals surface area contributed by atoms with Crippen molar-refractivity contribution in [3.8, 4) is 5.75 Å². The molecule has 17 heavy (non-hydrogen) atoms. The number of benzene rings is 1. The molecule has 0 amide bonds. The Labute approximate surface area is 112 Å². The molecule has 88 valence electrons. The molecule has 6 heteroatoms. The first-order valence-corrected chi connectivity index (χ1v) is 5.98. The average Bonchev–Trinajstić information content (AvgIpc) is 2.59. The Morgan fingerprint density at radius 1 is 1.53 bits per heavy atom. The monoisotopic (exact) mass is 342 g/mol. The van der Waals surface area contributed by atoms with E-state index in [9.17, 15) is 5.11 Å². The van der Waals surface area contributed by atoms with Crippen molar-refractivity contribution in [3.63, 3.8) is 0 Å². The van der Waals surface area contributed by atoms with E-state index in [0.29, 0.717) is 5.95 Å². The second-order valence-corrected chi connectivity index (χ2v) is 4.70. The number of aryl methyl sites for hydroxylation is 1. The fraction of sp³-hybridized carbons (Fsp3) is 0.0909. The highest BCUT2D eigenvalue weighted by Gasteiger charge is 2.00. The van der Waals surface area contributed by atoms with Crippen LogP contribution in [0.4, 0.5) is 5.95 Å². The standard InChI is InChI=1S/C11H11IN4O/c1-7-6-16(11(13)15-7)14-5-8-4-9(17)2-3-10(8)12/h2-6,17H,1H3,(H2,13,15).